The lowest BCUT2D eigenvalue weighted by Crippen LogP contribution is -2.49. The van der Waals surface area contributed by atoms with Crippen molar-refractivity contribution in [3.8, 4) is 0 Å². The number of hydrogen-bond acceptors (Lipinski definition) is 6. The molecule has 0 aromatic carbocycles. The molecule has 8 heteroatoms. The molecule has 6 nitrogen and oxygen atoms in total. The Morgan fingerprint density at radius 2 is 1.26 bits per heavy atom. The van der Waals surface area contributed by atoms with Crippen LogP contribution in [0.4, 0.5) is 0 Å². The molecule has 35 heavy (non-hydrogen) atoms. The summed E-state index contributed by atoms with van der Waals surface area (Å²) in [6, 6.07) is 0. The number of ether oxygens (including phenoxy) is 1. The molecule has 0 saturated carbocycles. The lowest BCUT2D eigenvalue weighted by atomic mass is 9.99. The van der Waals surface area contributed by atoms with Crippen molar-refractivity contribution in [1.29, 1.82) is 0 Å². The van der Waals surface area contributed by atoms with Crippen molar-refractivity contribution in [1.82, 2.24) is 4.90 Å². The largest absolute Gasteiger partial charge is 0.464 e. The van der Waals surface area contributed by atoms with Crippen molar-refractivity contribution in [2.75, 3.05) is 26.2 Å². The highest BCUT2D eigenvalue weighted by atomic mass is 28.4. The average molecular weight is 534 g/mol. The molecule has 0 spiro atoms. The Bertz CT molecular complexity index is 592. The number of carbonyl (C=O) groups excluding carboxylic acids is 1. The quantitative estimate of drug-likeness (QED) is 0.193. The summed E-state index contributed by atoms with van der Waals surface area (Å²) in [5.74, 6) is -0.664. The smallest absolute Gasteiger partial charge is 0.335 e. The highest BCUT2D eigenvalue weighted by Gasteiger charge is 2.40. The maximum Gasteiger partial charge on any atom is 0.335 e. The minimum absolute atomic E-state index is 0.124. The topological polar surface area (TPSA) is 68.2 Å². The van der Waals surface area contributed by atoms with E-state index in [2.05, 4.69) is 86.5 Å². The third-order valence-electron chi connectivity index (χ3n) is 7.84. The van der Waals surface area contributed by atoms with Crippen molar-refractivity contribution < 1.29 is 23.5 Å². The van der Waals surface area contributed by atoms with Gasteiger partial charge in [-0.25, -0.2) is 4.79 Å². The van der Waals surface area contributed by atoms with Crippen molar-refractivity contribution in [3.63, 3.8) is 0 Å². The van der Waals surface area contributed by atoms with Crippen LogP contribution in [0.25, 0.3) is 0 Å². The molecule has 0 heterocycles. The van der Waals surface area contributed by atoms with Crippen LogP contribution < -0.4 is 0 Å². The van der Waals surface area contributed by atoms with Gasteiger partial charge in [0.15, 0.2) is 22.7 Å². The van der Waals surface area contributed by atoms with Crippen molar-refractivity contribution in [2.24, 2.45) is 5.92 Å². The van der Waals surface area contributed by atoms with Crippen molar-refractivity contribution in [2.45, 2.75) is 137 Å². The first-order chi connectivity index (χ1) is 15.6. The van der Waals surface area contributed by atoms with Crippen LogP contribution in [0.5, 0.6) is 0 Å². The molecule has 0 aromatic rings. The molecule has 0 aliphatic heterocycles. The van der Waals surface area contributed by atoms with E-state index in [1.165, 1.54) is 0 Å². The number of esters is 1. The van der Waals surface area contributed by atoms with Gasteiger partial charge in [-0.05, 0) is 82.3 Å². The Labute approximate surface area is 219 Å². The molecule has 0 bridgehead atoms. The van der Waals surface area contributed by atoms with Gasteiger partial charge in [-0.3, -0.25) is 4.90 Å². The van der Waals surface area contributed by atoms with E-state index in [0.29, 0.717) is 0 Å². The van der Waals surface area contributed by atoms with Crippen LogP contribution in [-0.2, 0) is 18.4 Å². The van der Waals surface area contributed by atoms with Gasteiger partial charge in [0.25, 0.3) is 0 Å². The first-order valence-corrected chi connectivity index (χ1v) is 19.4. The molecule has 0 amide bonds. The highest BCUT2D eigenvalue weighted by Crippen LogP contribution is 2.38. The van der Waals surface area contributed by atoms with Gasteiger partial charge in [0.05, 0.1) is 18.8 Å². The molecule has 0 saturated heterocycles. The number of aliphatic hydroxyl groups is 1. The van der Waals surface area contributed by atoms with E-state index in [0.717, 1.165) is 32.5 Å². The number of aliphatic hydroxyl groups excluding tert-OH is 1. The second kappa shape index (κ2) is 14.1. The number of nitrogens with zero attached hydrogens (tertiary/aromatic N) is 1. The molecule has 1 N–H and O–H groups in total. The summed E-state index contributed by atoms with van der Waals surface area (Å²) in [6.45, 7) is 33.7. The van der Waals surface area contributed by atoms with E-state index in [-0.39, 0.29) is 34.8 Å². The third-order valence-corrected chi connectivity index (χ3v) is 17.0. The van der Waals surface area contributed by atoms with Crippen LogP contribution in [0.1, 0.15) is 82.1 Å². The summed E-state index contributed by atoms with van der Waals surface area (Å²) in [4.78, 5) is 14.3. The zero-order chi connectivity index (χ0) is 27.8. The van der Waals surface area contributed by atoms with Crippen molar-refractivity contribution in [3.05, 3.63) is 0 Å². The van der Waals surface area contributed by atoms with Gasteiger partial charge in [0.1, 0.15) is 0 Å². The lowest BCUT2D eigenvalue weighted by Gasteiger charge is -2.41. The monoisotopic (exact) mass is 533 g/mol. The first-order valence-electron chi connectivity index (χ1n) is 13.6. The summed E-state index contributed by atoms with van der Waals surface area (Å²) in [5, 5.41) is 10.6. The predicted octanol–water partition coefficient (Wildman–Crippen LogP) is 6.45. The van der Waals surface area contributed by atoms with Crippen LogP contribution in [-0.4, -0.2) is 77.2 Å². The fourth-order valence-corrected chi connectivity index (χ4v) is 6.54. The molecule has 4 atom stereocenters. The Balaban J connectivity index is 5.27. The van der Waals surface area contributed by atoms with Gasteiger partial charge in [-0.2, -0.15) is 0 Å². The summed E-state index contributed by atoms with van der Waals surface area (Å²) in [7, 11) is -3.72. The van der Waals surface area contributed by atoms with E-state index in [9.17, 15) is 9.90 Å². The SMILES string of the molecule is CCOC(=O)C(O)C(C)CCCN(CC(C)O[Si](C)(C)C(C)(C)C)CC(C)O[Si](C)(C)C(C)(C)C. The van der Waals surface area contributed by atoms with Gasteiger partial charge in [0.2, 0.25) is 0 Å². The lowest BCUT2D eigenvalue weighted by molar-refractivity contribution is -0.155. The fraction of sp³-hybridized carbons (Fsp3) is 0.963. The molecular weight excluding hydrogens is 474 g/mol. The Morgan fingerprint density at radius 1 is 0.857 bits per heavy atom. The summed E-state index contributed by atoms with van der Waals surface area (Å²) in [6.07, 6.45) is 0.824. The molecule has 0 aliphatic carbocycles. The molecule has 0 aliphatic rings. The molecule has 0 rings (SSSR count). The molecule has 0 aromatic heterocycles. The van der Waals surface area contributed by atoms with Crippen LogP contribution in [0, 0.1) is 5.92 Å². The molecule has 0 radical (unpaired) electrons. The summed E-state index contributed by atoms with van der Waals surface area (Å²) in [5.41, 5.74) is 0. The van der Waals surface area contributed by atoms with Crippen LogP contribution in [0.3, 0.4) is 0 Å². The van der Waals surface area contributed by atoms with Gasteiger partial charge in [0, 0.05) is 13.1 Å². The summed E-state index contributed by atoms with van der Waals surface area (Å²) < 4.78 is 18.3. The normalized spacial score (nSPS) is 17.3. The Hall–Kier alpha value is -0.256. The summed E-state index contributed by atoms with van der Waals surface area (Å²) >= 11 is 0. The van der Waals surface area contributed by atoms with E-state index in [1.54, 1.807) is 6.92 Å². The van der Waals surface area contributed by atoms with Gasteiger partial charge < -0.3 is 18.7 Å². The zero-order valence-electron chi connectivity index (χ0n) is 25.6. The van der Waals surface area contributed by atoms with E-state index in [1.807, 2.05) is 6.92 Å². The van der Waals surface area contributed by atoms with Crippen molar-refractivity contribution >= 4 is 22.6 Å². The minimum atomic E-state index is -1.86. The van der Waals surface area contributed by atoms with Crippen LogP contribution in [0.2, 0.25) is 36.3 Å². The van der Waals surface area contributed by atoms with E-state index < -0.39 is 28.7 Å². The maximum atomic E-state index is 11.9. The molecule has 0 fully saturated rings. The van der Waals surface area contributed by atoms with Crippen LogP contribution in [0.15, 0.2) is 0 Å². The standard InChI is InChI=1S/C27H59NO5Si2/c1-15-31-25(30)24(29)21(2)17-16-18-28(19-22(3)32-34(11,12)26(5,6)7)20-23(4)33-35(13,14)27(8,9)10/h21-24,29H,15-20H2,1-14H3. The van der Waals surface area contributed by atoms with Gasteiger partial charge >= 0.3 is 5.97 Å². The maximum absolute atomic E-state index is 11.9. The zero-order valence-corrected chi connectivity index (χ0v) is 27.6. The van der Waals surface area contributed by atoms with E-state index >= 15 is 0 Å². The second-order valence-corrected chi connectivity index (χ2v) is 23.0. The number of carbonyl (C=O) groups is 1. The predicted molar refractivity (Wildman–Crippen MR) is 153 cm³/mol. The van der Waals surface area contributed by atoms with Gasteiger partial charge in [-0.15, -0.1) is 0 Å². The average Bonchev–Trinajstić information content (AvgIpc) is 2.64. The minimum Gasteiger partial charge on any atom is -0.464 e. The number of hydrogen-bond donors (Lipinski definition) is 1. The van der Waals surface area contributed by atoms with E-state index in [4.69, 9.17) is 13.6 Å². The highest BCUT2D eigenvalue weighted by molar-refractivity contribution is 6.74. The fourth-order valence-electron chi connectivity index (χ4n) is 3.67. The second-order valence-electron chi connectivity index (χ2n) is 13.5. The molecule has 210 valence electrons. The van der Waals surface area contributed by atoms with Crippen LogP contribution >= 0.6 is 0 Å². The molecule has 4 unspecified atom stereocenters. The van der Waals surface area contributed by atoms with Gasteiger partial charge in [-0.1, -0.05) is 48.5 Å². The number of rotatable bonds is 15. The Kier molecular flexibility index (Phi) is 13.9. The first kappa shape index (κ1) is 34.7. The third kappa shape index (κ3) is 12.2. The Morgan fingerprint density at radius 3 is 1.60 bits per heavy atom. The molecular formula is C27H59NO5Si2.